The van der Waals surface area contributed by atoms with Crippen molar-refractivity contribution in [1.82, 2.24) is 10.3 Å². The molecule has 2 rings (SSSR count). The van der Waals surface area contributed by atoms with Gasteiger partial charge in [0.1, 0.15) is 5.75 Å². The largest absolute Gasteiger partial charge is 0.439 e. The van der Waals surface area contributed by atoms with E-state index < -0.39 is 11.8 Å². The number of hydrogen-bond donors (Lipinski definition) is 2. The summed E-state index contributed by atoms with van der Waals surface area (Å²) in [6.07, 6.45) is 1.37. The highest BCUT2D eigenvalue weighted by Gasteiger charge is 2.07. The number of rotatable bonds is 5. The van der Waals surface area contributed by atoms with Crippen LogP contribution in [0, 0.1) is 0 Å². The second-order valence-corrected chi connectivity index (χ2v) is 3.95. The molecular weight excluding hydrogens is 258 g/mol. The molecule has 0 radical (unpaired) electrons. The van der Waals surface area contributed by atoms with Crippen molar-refractivity contribution in [3.8, 4) is 11.6 Å². The Morgan fingerprint density at radius 3 is 2.50 bits per heavy atom. The molecule has 0 aliphatic rings. The van der Waals surface area contributed by atoms with Crippen molar-refractivity contribution in [3.63, 3.8) is 0 Å². The van der Waals surface area contributed by atoms with Crippen molar-refractivity contribution in [2.45, 2.75) is 0 Å². The Balaban J connectivity index is 1.99. The smallest absolute Gasteiger partial charge is 0.253 e. The van der Waals surface area contributed by atoms with E-state index in [1.165, 1.54) is 6.20 Å². The summed E-state index contributed by atoms with van der Waals surface area (Å²) in [4.78, 5) is 26.2. The van der Waals surface area contributed by atoms with E-state index in [1.807, 2.05) is 18.2 Å². The quantitative estimate of drug-likeness (QED) is 0.851. The van der Waals surface area contributed by atoms with E-state index in [0.717, 1.165) is 0 Å². The van der Waals surface area contributed by atoms with Crippen LogP contribution in [-0.4, -0.2) is 23.3 Å². The molecule has 0 unspecified atom stereocenters. The van der Waals surface area contributed by atoms with Gasteiger partial charge in [-0.15, -0.1) is 0 Å². The predicted octanol–water partition coefficient (Wildman–Crippen LogP) is 1.09. The number of carbonyl (C=O) groups excluding carboxylic acids is 2. The van der Waals surface area contributed by atoms with Crippen LogP contribution in [0.3, 0.4) is 0 Å². The van der Waals surface area contributed by atoms with E-state index in [2.05, 4.69) is 10.3 Å². The van der Waals surface area contributed by atoms with E-state index >= 15 is 0 Å². The highest BCUT2D eigenvalue weighted by molar-refractivity contribution is 5.96. The summed E-state index contributed by atoms with van der Waals surface area (Å²) in [7, 11) is 0. The number of ether oxygens (including phenoxy) is 1. The lowest BCUT2D eigenvalue weighted by Gasteiger charge is -2.05. The lowest BCUT2D eigenvalue weighted by atomic mass is 10.2. The predicted molar refractivity (Wildman–Crippen MR) is 72.3 cm³/mol. The lowest BCUT2D eigenvalue weighted by molar-refractivity contribution is -0.117. The number of pyridine rings is 1. The molecule has 2 aromatic rings. The molecule has 1 aromatic carbocycles. The van der Waals surface area contributed by atoms with Gasteiger partial charge in [0.15, 0.2) is 0 Å². The number of carbonyl (C=O) groups is 2. The fourth-order valence-corrected chi connectivity index (χ4v) is 1.45. The molecule has 0 spiro atoms. The third-order valence-electron chi connectivity index (χ3n) is 2.39. The van der Waals surface area contributed by atoms with Crippen LogP contribution in [0.5, 0.6) is 11.6 Å². The number of benzene rings is 1. The van der Waals surface area contributed by atoms with Gasteiger partial charge in [0.2, 0.25) is 11.8 Å². The average molecular weight is 271 g/mol. The summed E-state index contributed by atoms with van der Waals surface area (Å²) in [5, 5.41) is 2.37. The van der Waals surface area contributed by atoms with Gasteiger partial charge < -0.3 is 15.8 Å². The van der Waals surface area contributed by atoms with Gasteiger partial charge in [0, 0.05) is 12.3 Å². The first-order valence-electron chi connectivity index (χ1n) is 5.90. The zero-order valence-corrected chi connectivity index (χ0v) is 10.6. The third-order valence-corrected chi connectivity index (χ3v) is 2.39. The molecule has 0 fully saturated rings. The Kier molecular flexibility index (Phi) is 4.28. The van der Waals surface area contributed by atoms with E-state index in [1.54, 1.807) is 24.3 Å². The normalized spacial score (nSPS) is 9.80. The Morgan fingerprint density at radius 1 is 1.15 bits per heavy atom. The number of aromatic nitrogens is 1. The van der Waals surface area contributed by atoms with Crippen molar-refractivity contribution in [3.05, 3.63) is 54.2 Å². The van der Waals surface area contributed by atoms with Gasteiger partial charge >= 0.3 is 0 Å². The molecule has 1 heterocycles. The molecule has 0 saturated carbocycles. The van der Waals surface area contributed by atoms with Gasteiger partial charge in [-0.05, 0) is 18.2 Å². The molecule has 0 aliphatic carbocycles. The van der Waals surface area contributed by atoms with Crippen molar-refractivity contribution < 1.29 is 14.3 Å². The monoisotopic (exact) mass is 271 g/mol. The zero-order chi connectivity index (χ0) is 14.4. The molecule has 6 heteroatoms. The van der Waals surface area contributed by atoms with Crippen LogP contribution >= 0.6 is 0 Å². The first-order chi connectivity index (χ1) is 9.65. The number of primary amides is 1. The van der Waals surface area contributed by atoms with Crippen molar-refractivity contribution in [2.24, 2.45) is 5.73 Å². The van der Waals surface area contributed by atoms with Crippen LogP contribution in [0.4, 0.5) is 0 Å². The fraction of sp³-hybridized carbons (Fsp3) is 0.0714. The van der Waals surface area contributed by atoms with Crippen LogP contribution < -0.4 is 15.8 Å². The standard InChI is InChI=1S/C14H13N3O3/c15-12(18)9-17-14(19)10-6-7-13(16-8-10)20-11-4-2-1-3-5-11/h1-8H,9H2,(H2,15,18)(H,17,19). The Bertz CT molecular complexity index is 597. The van der Waals surface area contributed by atoms with Crippen LogP contribution in [0.1, 0.15) is 10.4 Å². The third kappa shape index (κ3) is 3.81. The molecule has 0 atom stereocenters. The van der Waals surface area contributed by atoms with Gasteiger partial charge in [-0.1, -0.05) is 18.2 Å². The summed E-state index contributed by atoms with van der Waals surface area (Å²) < 4.78 is 5.49. The molecule has 1 aromatic heterocycles. The Labute approximate surface area is 115 Å². The van der Waals surface area contributed by atoms with Gasteiger partial charge in [-0.2, -0.15) is 0 Å². The average Bonchev–Trinajstić information content (AvgIpc) is 2.46. The fourth-order valence-electron chi connectivity index (χ4n) is 1.45. The van der Waals surface area contributed by atoms with Crippen LogP contribution in [0.2, 0.25) is 0 Å². The molecule has 0 saturated heterocycles. The second-order valence-electron chi connectivity index (χ2n) is 3.95. The van der Waals surface area contributed by atoms with E-state index in [9.17, 15) is 9.59 Å². The van der Waals surface area contributed by atoms with Gasteiger partial charge in [-0.3, -0.25) is 9.59 Å². The van der Waals surface area contributed by atoms with Crippen molar-refractivity contribution in [2.75, 3.05) is 6.54 Å². The summed E-state index contributed by atoms with van der Waals surface area (Å²) in [6, 6.07) is 12.3. The van der Waals surface area contributed by atoms with Gasteiger partial charge in [-0.25, -0.2) is 4.98 Å². The van der Waals surface area contributed by atoms with Crippen LogP contribution in [0.15, 0.2) is 48.7 Å². The minimum absolute atomic E-state index is 0.207. The SMILES string of the molecule is NC(=O)CNC(=O)c1ccc(Oc2ccccc2)nc1. The zero-order valence-electron chi connectivity index (χ0n) is 10.6. The highest BCUT2D eigenvalue weighted by Crippen LogP contribution is 2.18. The van der Waals surface area contributed by atoms with Crippen molar-refractivity contribution >= 4 is 11.8 Å². The van der Waals surface area contributed by atoms with Crippen LogP contribution in [-0.2, 0) is 4.79 Å². The molecule has 0 aliphatic heterocycles. The first-order valence-corrected chi connectivity index (χ1v) is 5.90. The highest BCUT2D eigenvalue weighted by atomic mass is 16.5. The minimum atomic E-state index is -0.602. The second kappa shape index (κ2) is 6.33. The van der Waals surface area contributed by atoms with Gasteiger partial charge in [0.05, 0.1) is 12.1 Å². The topological polar surface area (TPSA) is 94.3 Å². The molecule has 102 valence electrons. The number of nitrogens with two attached hydrogens (primary N) is 1. The maximum absolute atomic E-state index is 11.6. The number of amides is 2. The summed E-state index contributed by atoms with van der Waals surface area (Å²) >= 11 is 0. The molecular formula is C14H13N3O3. The molecule has 3 N–H and O–H groups in total. The summed E-state index contributed by atoms with van der Waals surface area (Å²) in [5.74, 6) is 0.0199. The van der Waals surface area contributed by atoms with E-state index in [4.69, 9.17) is 10.5 Å². The lowest BCUT2D eigenvalue weighted by Crippen LogP contribution is -2.33. The maximum Gasteiger partial charge on any atom is 0.253 e. The number of hydrogen-bond acceptors (Lipinski definition) is 4. The summed E-state index contributed by atoms with van der Waals surface area (Å²) in [5.41, 5.74) is 5.27. The molecule has 2 amide bonds. The van der Waals surface area contributed by atoms with Crippen molar-refractivity contribution in [1.29, 1.82) is 0 Å². The van der Waals surface area contributed by atoms with E-state index in [0.29, 0.717) is 17.2 Å². The maximum atomic E-state index is 11.6. The Morgan fingerprint density at radius 2 is 1.90 bits per heavy atom. The Hall–Kier alpha value is -2.89. The van der Waals surface area contributed by atoms with E-state index in [-0.39, 0.29) is 6.54 Å². The first kappa shape index (κ1) is 13.5. The van der Waals surface area contributed by atoms with Gasteiger partial charge in [0.25, 0.3) is 5.91 Å². The number of nitrogens with one attached hydrogen (secondary N) is 1. The molecule has 0 bridgehead atoms. The number of para-hydroxylation sites is 1. The van der Waals surface area contributed by atoms with Crippen LogP contribution in [0.25, 0.3) is 0 Å². The molecule has 20 heavy (non-hydrogen) atoms. The molecule has 6 nitrogen and oxygen atoms in total. The number of nitrogens with zero attached hydrogens (tertiary/aromatic N) is 1. The minimum Gasteiger partial charge on any atom is -0.439 e. The summed E-state index contributed by atoms with van der Waals surface area (Å²) in [6.45, 7) is -0.207.